The molecule has 0 bridgehead atoms. The highest BCUT2D eigenvalue weighted by molar-refractivity contribution is 6.00. The number of carbonyl (C=O) groups excluding carboxylic acids is 2. The van der Waals surface area contributed by atoms with Crippen molar-refractivity contribution in [3.05, 3.63) is 34.9 Å². The molecule has 1 N–H and O–H groups in total. The lowest BCUT2D eigenvalue weighted by Gasteiger charge is -2.53. The van der Waals surface area contributed by atoms with E-state index in [-0.39, 0.29) is 29.5 Å². The zero-order valence-electron chi connectivity index (χ0n) is 12.9. The first-order valence-corrected chi connectivity index (χ1v) is 7.57. The van der Waals surface area contributed by atoms with Gasteiger partial charge in [-0.3, -0.25) is 9.59 Å². The second-order valence-electron chi connectivity index (χ2n) is 7.35. The summed E-state index contributed by atoms with van der Waals surface area (Å²) in [6.45, 7) is 5.96. The normalized spacial score (nSPS) is 35.3. The van der Waals surface area contributed by atoms with Gasteiger partial charge in [-0.1, -0.05) is 31.5 Å². The van der Waals surface area contributed by atoms with Crippen LogP contribution in [0.1, 0.15) is 54.6 Å². The molecule has 3 rings (SSSR count). The van der Waals surface area contributed by atoms with E-state index in [1.807, 2.05) is 32.0 Å². The number of aliphatic hydroxyl groups excluding tert-OH is 1. The summed E-state index contributed by atoms with van der Waals surface area (Å²) in [7, 11) is 0. The predicted octanol–water partition coefficient (Wildman–Crippen LogP) is 2.82. The molecule has 1 aromatic carbocycles. The van der Waals surface area contributed by atoms with Crippen molar-refractivity contribution in [2.45, 2.75) is 45.4 Å². The van der Waals surface area contributed by atoms with Crippen LogP contribution in [0.3, 0.4) is 0 Å². The van der Waals surface area contributed by atoms with Crippen molar-refractivity contribution in [1.82, 2.24) is 0 Å². The van der Waals surface area contributed by atoms with Crippen molar-refractivity contribution in [2.75, 3.05) is 6.61 Å². The Morgan fingerprint density at radius 2 is 1.95 bits per heavy atom. The van der Waals surface area contributed by atoms with E-state index in [4.69, 9.17) is 0 Å². The quantitative estimate of drug-likeness (QED) is 0.863. The Morgan fingerprint density at radius 3 is 2.62 bits per heavy atom. The highest BCUT2D eigenvalue weighted by Crippen LogP contribution is 2.56. The van der Waals surface area contributed by atoms with Crippen molar-refractivity contribution in [2.24, 2.45) is 11.3 Å². The zero-order chi connectivity index (χ0) is 15.4. The molecule has 0 aromatic heterocycles. The molecule has 1 fully saturated rings. The summed E-state index contributed by atoms with van der Waals surface area (Å²) in [4.78, 5) is 24.8. The minimum absolute atomic E-state index is 0.0235. The predicted molar refractivity (Wildman–Crippen MR) is 80.4 cm³/mol. The van der Waals surface area contributed by atoms with Crippen LogP contribution in [0.4, 0.5) is 0 Å². The number of benzene rings is 1. The average Bonchev–Trinajstić information content (AvgIpc) is 2.41. The molecule has 1 aromatic rings. The van der Waals surface area contributed by atoms with E-state index in [0.29, 0.717) is 19.3 Å². The van der Waals surface area contributed by atoms with Crippen LogP contribution in [0.15, 0.2) is 18.2 Å². The number of aryl methyl sites for hydroxylation is 1. The Morgan fingerprint density at radius 1 is 1.24 bits per heavy atom. The van der Waals surface area contributed by atoms with Crippen molar-refractivity contribution < 1.29 is 14.7 Å². The van der Waals surface area contributed by atoms with E-state index in [1.165, 1.54) is 0 Å². The third kappa shape index (κ3) is 1.98. The molecule has 2 aliphatic carbocycles. The third-order valence-electron chi connectivity index (χ3n) is 5.62. The number of aliphatic hydroxyl groups is 1. The van der Waals surface area contributed by atoms with Crippen molar-refractivity contribution in [3.63, 3.8) is 0 Å². The maximum absolute atomic E-state index is 12.6. The van der Waals surface area contributed by atoms with Gasteiger partial charge in [0, 0.05) is 42.3 Å². The standard InChI is InChI=1S/C18H22O3/c1-11-4-5-14-13(6-11)15(21)7-16-17(2,10-19)8-12(20)9-18(14,16)3/h4-6,16,19H,7-10H2,1-3H3/t16-,17+,18+/m1/s1. The van der Waals surface area contributed by atoms with Crippen LogP contribution in [-0.4, -0.2) is 23.3 Å². The fraction of sp³-hybridized carbons (Fsp3) is 0.556. The van der Waals surface area contributed by atoms with E-state index in [1.54, 1.807) is 0 Å². The second kappa shape index (κ2) is 4.51. The summed E-state index contributed by atoms with van der Waals surface area (Å²) in [5.74, 6) is 0.353. The summed E-state index contributed by atoms with van der Waals surface area (Å²) in [5.41, 5.74) is 1.98. The Bertz CT molecular complexity index is 633. The number of Topliss-reactive ketones (excluding diaryl/α,β-unsaturated/α-hetero) is 2. The smallest absolute Gasteiger partial charge is 0.163 e. The molecular formula is C18H22O3. The number of fused-ring (bicyclic) bond motifs is 3. The first-order chi connectivity index (χ1) is 9.80. The fourth-order valence-corrected chi connectivity index (χ4v) is 4.54. The van der Waals surface area contributed by atoms with Gasteiger partial charge in [0.1, 0.15) is 5.78 Å². The molecule has 112 valence electrons. The Hall–Kier alpha value is -1.48. The van der Waals surface area contributed by atoms with Crippen molar-refractivity contribution in [1.29, 1.82) is 0 Å². The molecule has 3 atom stereocenters. The Labute approximate surface area is 125 Å². The highest BCUT2D eigenvalue weighted by Gasteiger charge is 2.55. The molecule has 21 heavy (non-hydrogen) atoms. The lowest BCUT2D eigenvalue weighted by molar-refractivity contribution is -0.132. The Kier molecular flexibility index (Phi) is 3.10. The molecule has 0 heterocycles. The molecule has 2 aliphatic rings. The number of ketones is 2. The van der Waals surface area contributed by atoms with Gasteiger partial charge in [-0.05, 0) is 24.5 Å². The van der Waals surface area contributed by atoms with Gasteiger partial charge in [0.05, 0.1) is 0 Å². The molecular weight excluding hydrogens is 264 g/mol. The molecule has 1 saturated carbocycles. The first kappa shape index (κ1) is 14.5. The van der Waals surface area contributed by atoms with Crippen molar-refractivity contribution >= 4 is 11.6 Å². The molecule has 3 nitrogen and oxygen atoms in total. The number of carbonyl (C=O) groups is 2. The highest BCUT2D eigenvalue weighted by atomic mass is 16.3. The van der Waals surface area contributed by atoms with Crippen LogP contribution < -0.4 is 0 Å². The van der Waals surface area contributed by atoms with Crippen LogP contribution in [0.25, 0.3) is 0 Å². The van der Waals surface area contributed by atoms with E-state index >= 15 is 0 Å². The maximum Gasteiger partial charge on any atom is 0.163 e. The Balaban J connectivity index is 2.21. The first-order valence-electron chi connectivity index (χ1n) is 7.57. The van der Waals surface area contributed by atoms with E-state index in [9.17, 15) is 14.7 Å². The second-order valence-corrected chi connectivity index (χ2v) is 7.35. The number of hydrogen-bond acceptors (Lipinski definition) is 3. The van der Waals surface area contributed by atoms with Gasteiger partial charge in [0.25, 0.3) is 0 Å². The lowest BCUT2D eigenvalue weighted by Crippen LogP contribution is -2.54. The SMILES string of the molecule is Cc1ccc2c(c1)C(=O)C[C@@H]1[C@](C)(CO)CC(=O)C[C@@]21C. The molecule has 3 heteroatoms. The molecule has 0 saturated heterocycles. The largest absolute Gasteiger partial charge is 0.396 e. The lowest BCUT2D eigenvalue weighted by atomic mass is 9.49. The summed E-state index contributed by atoms with van der Waals surface area (Å²) in [5, 5.41) is 9.84. The molecule has 0 amide bonds. The summed E-state index contributed by atoms with van der Waals surface area (Å²) >= 11 is 0. The maximum atomic E-state index is 12.6. The average molecular weight is 286 g/mol. The summed E-state index contributed by atoms with van der Waals surface area (Å²) < 4.78 is 0. The van der Waals surface area contributed by atoms with Crippen LogP contribution >= 0.6 is 0 Å². The fourth-order valence-electron chi connectivity index (χ4n) is 4.54. The number of rotatable bonds is 1. The van der Waals surface area contributed by atoms with E-state index in [0.717, 1.165) is 16.7 Å². The molecule has 0 unspecified atom stereocenters. The van der Waals surface area contributed by atoms with Gasteiger partial charge in [0.15, 0.2) is 5.78 Å². The van der Waals surface area contributed by atoms with Crippen LogP contribution in [0.2, 0.25) is 0 Å². The molecule has 0 spiro atoms. The summed E-state index contributed by atoms with van der Waals surface area (Å²) in [6.07, 6.45) is 1.27. The molecule has 0 aliphatic heterocycles. The topological polar surface area (TPSA) is 54.4 Å². The number of hydrogen-bond donors (Lipinski definition) is 1. The minimum Gasteiger partial charge on any atom is -0.396 e. The van der Waals surface area contributed by atoms with Crippen LogP contribution in [0, 0.1) is 18.3 Å². The van der Waals surface area contributed by atoms with E-state index in [2.05, 4.69) is 6.92 Å². The molecule has 0 radical (unpaired) electrons. The van der Waals surface area contributed by atoms with Crippen LogP contribution in [0.5, 0.6) is 0 Å². The van der Waals surface area contributed by atoms with Gasteiger partial charge < -0.3 is 5.11 Å². The van der Waals surface area contributed by atoms with Gasteiger partial charge in [-0.2, -0.15) is 0 Å². The monoisotopic (exact) mass is 286 g/mol. The van der Waals surface area contributed by atoms with Crippen molar-refractivity contribution in [3.8, 4) is 0 Å². The van der Waals surface area contributed by atoms with Crippen LogP contribution in [-0.2, 0) is 10.2 Å². The summed E-state index contributed by atoms with van der Waals surface area (Å²) in [6, 6.07) is 5.95. The zero-order valence-corrected chi connectivity index (χ0v) is 12.9. The minimum atomic E-state index is -0.498. The van der Waals surface area contributed by atoms with Gasteiger partial charge in [-0.25, -0.2) is 0 Å². The van der Waals surface area contributed by atoms with Gasteiger partial charge in [0.2, 0.25) is 0 Å². The van der Waals surface area contributed by atoms with Gasteiger partial charge >= 0.3 is 0 Å². The van der Waals surface area contributed by atoms with Gasteiger partial charge in [-0.15, -0.1) is 0 Å². The van der Waals surface area contributed by atoms with E-state index < -0.39 is 5.41 Å². The third-order valence-corrected chi connectivity index (χ3v) is 5.62.